The molecule has 170 valence electrons. The molecule has 1 atom stereocenters. The number of pyridine rings is 1. The lowest BCUT2D eigenvalue weighted by Gasteiger charge is -2.33. The van der Waals surface area contributed by atoms with Crippen molar-refractivity contribution in [2.45, 2.75) is 13.0 Å². The van der Waals surface area contributed by atoms with Crippen LogP contribution in [-0.2, 0) is 18.8 Å². The molecule has 4 aromatic rings. The average Bonchev–Trinajstić information content (AvgIpc) is 3.23. The van der Waals surface area contributed by atoms with Crippen molar-refractivity contribution in [2.24, 2.45) is 14.1 Å². The lowest BCUT2D eigenvalue weighted by molar-refractivity contribution is 0.0395. The van der Waals surface area contributed by atoms with Crippen LogP contribution in [0.3, 0.4) is 0 Å². The number of hydrogen-bond donors (Lipinski definition) is 0. The number of ether oxygens (including phenoxy) is 1. The van der Waals surface area contributed by atoms with Crippen LogP contribution in [0.2, 0.25) is 5.02 Å². The van der Waals surface area contributed by atoms with Crippen molar-refractivity contribution >= 4 is 28.3 Å². The highest BCUT2D eigenvalue weighted by Crippen LogP contribution is 2.32. The lowest BCUT2D eigenvalue weighted by Crippen LogP contribution is -2.39. The maximum Gasteiger partial charge on any atom is 0.263 e. The van der Waals surface area contributed by atoms with E-state index in [1.165, 1.54) is 10.6 Å². The van der Waals surface area contributed by atoms with Gasteiger partial charge >= 0.3 is 0 Å². The molecule has 8 nitrogen and oxygen atoms in total. The quantitative estimate of drug-likeness (QED) is 0.458. The Morgan fingerprint density at radius 3 is 2.76 bits per heavy atom. The molecule has 0 spiro atoms. The first-order valence-electron chi connectivity index (χ1n) is 10.5. The molecule has 1 saturated heterocycles. The molecule has 3 aromatic heterocycles. The average molecular weight is 469 g/mol. The van der Waals surface area contributed by atoms with Crippen LogP contribution in [-0.4, -0.2) is 44.0 Å². The van der Waals surface area contributed by atoms with Gasteiger partial charge in [-0.25, -0.2) is 14.4 Å². The van der Waals surface area contributed by atoms with Gasteiger partial charge in [0, 0.05) is 55.6 Å². The maximum absolute atomic E-state index is 14.9. The standard InChI is InChI=1S/C23H22ClFN6O2/c1-13-27-18-9-20(31-6-7-33-19(12-31)14-10-26-29(2)11-14)28-22(21(18)23(32)30(13)3)16-5-4-15(24)8-17(16)25/h4-5,8-11,19H,6-7,12H2,1-3H3/t19-/m1/s1. The van der Waals surface area contributed by atoms with E-state index in [9.17, 15) is 9.18 Å². The van der Waals surface area contributed by atoms with Crippen molar-refractivity contribution < 1.29 is 9.13 Å². The minimum Gasteiger partial charge on any atom is -0.370 e. The summed E-state index contributed by atoms with van der Waals surface area (Å²) >= 11 is 5.96. The molecule has 33 heavy (non-hydrogen) atoms. The first kappa shape index (κ1) is 21.5. The van der Waals surface area contributed by atoms with Gasteiger partial charge in [0.15, 0.2) is 0 Å². The van der Waals surface area contributed by atoms with E-state index in [-0.39, 0.29) is 33.3 Å². The Labute approximate surface area is 194 Å². The molecule has 1 aliphatic heterocycles. The van der Waals surface area contributed by atoms with Crippen LogP contribution in [0.25, 0.3) is 22.2 Å². The first-order chi connectivity index (χ1) is 15.8. The minimum absolute atomic E-state index is 0.181. The van der Waals surface area contributed by atoms with Gasteiger partial charge in [0.05, 0.1) is 29.4 Å². The number of rotatable bonds is 3. The molecule has 0 aliphatic carbocycles. The third kappa shape index (κ3) is 3.87. The summed E-state index contributed by atoms with van der Waals surface area (Å²) in [7, 11) is 3.50. The smallest absolute Gasteiger partial charge is 0.263 e. The van der Waals surface area contributed by atoms with Crippen LogP contribution >= 0.6 is 11.6 Å². The molecule has 0 unspecified atom stereocenters. The van der Waals surface area contributed by atoms with Gasteiger partial charge in [0.2, 0.25) is 0 Å². The zero-order chi connectivity index (χ0) is 23.3. The van der Waals surface area contributed by atoms with E-state index in [4.69, 9.17) is 21.3 Å². The van der Waals surface area contributed by atoms with Gasteiger partial charge in [0.25, 0.3) is 5.56 Å². The topological polar surface area (TPSA) is 78.1 Å². The van der Waals surface area contributed by atoms with E-state index in [2.05, 4.69) is 15.0 Å². The predicted octanol–water partition coefficient (Wildman–Crippen LogP) is 3.41. The van der Waals surface area contributed by atoms with Crippen LogP contribution in [0.1, 0.15) is 17.5 Å². The monoisotopic (exact) mass is 468 g/mol. The van der Waals surface area contributed by atoms with Crippen LogP contribution in [0.15, 0.2) is 41.5 Å². The van der Waals surface area contributed by atoms with Crippen LogP contribution in [0.4, 0.5) is 10.2 Å². The molecular formula is C23H22ClFN6O2. The zero-order valence-electron chi connectivity index (χ0n) is 18.4. The minimum atomic E-state index is -0.550. The van der Waals surface area contributed by atoms with Crippen molar-refractivity contribution in [2.75, 3.05) is 24.6 Å². The third-order valence-corrected chi connectivity index (χ3v) is 6.18. The summed E-state index contributed by atoms with van der Waals surface area (Å²) < 4.78 is 24.1. The van der Waals surface area contributed by atoms with Crippen LogP contribution < -0.4 is 10.5 Å². The second-order valence-electron chi connectivity index (χ2n) is 8.12. The summed E-state index contributed by atoms with van der Waals surface area (Å²) in [5, 5.41) is 4.77. The first-order valence-corrected chi connectivity index (χ1v) is 10.9. The van der Waals surface area contributed by atoms with Crippen molar-refractivity contribution in [1.29, 1.82) is 0 Å². The van der Waals surface area contributed by atoms with Gasteiger partial charge in [-0.05, 0) is 25.1 Å². The Hall–Kier alpha value is -3.30. The Bertz CT molecular complexity index is 1430. The van der Waals surface area contributed by atoms with Gasteiger partial charge in [-0.2, -0.15) is 5.10 Å². The summed E-state index contributed by atoms with van der Waals surface area (Å²) in [5.41, 5.74) is 1.60. The Kier molecular flexibility index (Phi) is 5.38. The number of fused-ring (bicyclic) bond motifs is 1. The zero-order valence-corrected chi connectivity index (χ0v) is 19.2. The van der Waals surface area contributed by atoms with Gasteiger partial charge in [-0.15, -0.1) is 0 Å². The molecular weight excluding hydrogens is 447 g/mol. The highest BCUT2D eigenvalue weighted by Gasteiger charge is 2.26. The molecule has 1 aromatic carbocycles. The van der Waals surface area contributed by atoms with Crippen molar-refractivity contribution in [3.05, 3.63) is 69.2 Å². The van der Waals surface area contributed by atoms with Crippen molar-refractivity contribution in [1.82, 2.24) is 24.3 Å². The molecule has 5 rings (SSSR count). The number of hydrogen-bond acceptors (Lipinski definition) is 6. The van der Waals surface area contributed by atoms with Crippen LogP contribution in [0, 0.1) is 12.7 Å². The summed E-state index contributed by atoms with van der Waals surface area (Å²) in [6.45, 7) is 3.39. The van der Waals surface area contributed by atoms with Gasteiger partial charge < -0.3 is 9.64 Å². The van der Waals surface area contributed by atoms with E-state index in [0.29, 0.717) is 36.9 Å². The second kappa shape index (κ2) is 8.24. The highest BCUT2D eigenvalue weighted by atomic mass is 35.5. The molecule has 0 amide bonds. The molecule has 1 aliphatic rings. The molecule has 1 fully saturated rings. The second-order valence-corrected chi connectivity index (χ2v) is 8.56. The van der Waals surface area contributed by atoms with Gasteiger partial charge in [-0.3, -0.25) is 14.0 Å². The Balaban J connectivity index is 1.67. The molecule has 0 saturated carbocycles. The number of anilines is 1. The van der Waals surface area contributed by atoms with E-state index >= 15 is 0 Å². The summed E-state index contributed by atoms with van der Waals surface area (Å²) in [6, 6.07) is 6.13. The SMILES string of the molecule is Cc1nc2cc(N3CCO[C@@H](c4cnn(C)c4)C3)nc(-c3ccc(Cl)cc3F)c2c(=O)n1C. The Morgan fingerprint density at radius 1 is 1.21 bits per heavy atom. The number of aromatic nitrogens is 5. The van der Waals surface area contributed by atoms with E-state index < -0.39 is 5.82 Å². The fourth-order valence-corrected chi connectivity index (χ4v) is 4.24. The van der Waals surface area contributed by atoms with Crippen LogP contribution in [0.5, 0.6) is 0 Å². The van der Waals surface area contributed by atoms with E-state index in [1.807, 2.05) is 13.2 Å². The summed E-state index contributed by atoms with van der Waals surface area (Å²) in [4.78, 5) is 24.6. The molecule has 4 heterocycles. The number of benzene rings is 1. The summed E-state index contributed by atoms with van der Waals surface area (Å²) in [5.74, 6) is 0.609. The number of halogens is 2. The van der Waals surface area contributed by atoms with Gasteiger partial charge in [0.1, 0.15) is 23.6 Å². The highest BCUT2D eigenvalue weighted by molar-refractivity contribution is 6.30. The van der Waals surface area contributed by atoms with E-state index in [1.54, 1.807) is 43.0 Å². The Morgan fingerprint density at radius 2 is 2.03 bits per heavy atom. The fraction of sp³-hybridized carbons (Fsp3) is 0.304. The molecule has 0 N–H and O–H groups in total. The largest absolute Gasteiger partial charge is 0.370 e. The molecule has 0 radical (unpaired) electrons. The molecule has 10 heteroatoms. The number of nitrogens with zero attached hydrogens (tertiary/aromatic N) is 6. The fourth-order valence-electron chi connectivity index (χ4n) is 4.09. The van der Waals surface area contributed by atoms with Crippen molar-refractivity contribution in [3.63, 3.8) is 0 Å². The lowest BCUT2D eigenvalue weighted by atomic mass is 10.1. The number of morpholine rings is 1. The van der Waals surface area contributed by atoms with E-state index in [0.717, 1.165) is 5.56 Å². The summed E-state index contributed by atoms with van der Waals surface area (Å²) in [6.07, 6.45) is 3.52. The molecule has 0 bridgehead atoms. The maximum atomic E-state index is 14.9. The predicted molar refractivity (Wildman–Crippen MR) is 124 cm³/mol. The third-order valence-electron chi connectivity index (χ3n) is 5.94. The van der Waals surface area contributed by atoms with Crippen molar-refractivity contribution in [3.8, 4) is 11.3 Å². The number of aryl methyl sites for hydroxylation is 2. The van der Waals surface area contributed by atoms with Gasteiger partial charge in [-0.1, -0.05) is 11.6 Å². The normalized spacial score (nSPS) is 16.5.